The van der Waals surface area contributed by atoms with Crippen LogP contribution in [0.1, 0.15) is 0 Å². The van der Waals surface area contributed by atoms with E-state index in [1.54, 1.807) is 0 Å². The molecule has 2 amide bonds. The Morgan fingerprint density at radius 1 is 1.86 bits per heavy atom. The number of carbonyl (C=O) groups is 1. The van der Waals surface area contributed by atoms with Gasteiger partial charge in [-0.3, -0.25) is 0 Å². The number of urea groups is 1. The van der Waals surface area contributed by atoms with Gasteiger partial charge in [0.15, 0.2) is 0 Å². The van der Waals surface area contributed by atoms with Crippen LogP contribution in [0.15, 0.2) is 0 Å². The van der Waals surface area contributed by atoms with Gasteiger partial charge in [0.2, 0.25) is 0 Å². The molecule has 4 N–H and O–H groups in total. The fourth-order valence-corrected chi connectivity index (χ4v) is 0.0779. The van der Waals surface area contributed by atoms with Gasteiger partial charge < -0.3 is 16.2 Å². The van der Waals surface area contributed by atoms with E-state index in [4.69, 9.17) is 5.11 Å². The largest absolute Gasteiger partial charge is 0.376 e. The Hall–Kier alpha value is -0.251. The Morgan fingerprint density at radius 3 is 2.29 bits per heavy atom. The number of amides is 2. The molecular formula is C2H6FeN2O2. The molecular weight excluding hydrogens is 140 g/mol. The molecule has 0 saturated carbocycles. The van der Waals surface area contributed by atoms with Crippen LogP contribution in [0.4, 0.5) is 4.79 Å². The molecule has 7 heavy (non-hydrogen) atoms. The van der Waals surface area contributed by atoms with Crippen molar-refractivity contribution in [3.05, 3.63) is 0 Å². The minimum Gasteiger partial charge on any atom is -0.376 e. The molecule has 0 rings (SSSR count). The number of carbonyl (C=O) groups excluding carboxylic acids is 1. The standard InChI is InChI=1S/C2H6N2O2.Fe/c3-2(6)4-1-5;/h5H,1H2,(H3,3,4,6);. The summed E-state index contributed by atoms with van der Waals surface area (Å²) >= 11 is 0. The van der Waals surface area contributed by atoms with Crippen LogP contribution in [-0.2, 0) is 17.1 Å². The average molecular weight is 146 g/mol. The summed E-state index contributed by atoms with van der Waals surface area (Å²) in [6, 6.07) is -0.711. The third-order valence-electron chi connectivity index (χ3n) is 0.253. The molecule has 0 aromatic heterocycles. The molecule has 0 aliphatic heterocycles. The van der Waals surface area contributed by atoms with Crippen molar-refractivity contribution in [1.82, 2.24) is 5.32 Å². The van der Waals surface area contributed by atoms with Crippen LogP contribution in [0, 0.1) is 0 Å². The van der Waals surface area contributed by atoms with Crippen molar-refractivity contribution in [2.45, 2.75) is 0 Å². The van der Waals surface area contributed by atoms with Crippen molar-refractivity contribution in [2.24, 2.45) is 5.73 Å². The molecule has 0 bridgehead atoms. The minimum atomic E-state index is -0.711. The molecule has 44 valence electrons. The van der Waals surface area contributed by atoms with E-state index in [-0.39, 0.29) is 17.1 Å². The zero-order chi connectivity index (χ0) is 4.99. The predicted molar refractivity (Wildman–Crippen MR) is 19.8 cm³/mol. The number of nitrogens with two attached hydrogens (primary N) is 1. The Balaban J connectivity index is 0. The number of primary amides is 1. The van der Waals surface area contributed by atoms with Crippen LogP contribution in [0.25, 0.3) is 0 Å². The monoisotopic (exact) mass is 146 g/mol. The summed E-state index contributed by atoms with van der Waals surface area (Å²) in [5, 5.41) is 9.73. The van der Waals surface area contributed by atoms with E-state index in [2.05, 4.69) is 5.73 Å². The Morgan fingerprint density at radius 2 is 2.29 bits per heavy atom. The van der Waals surface area contributed by atoms with E-state index in [0.717, 1.165) is 0 Å². The third kappa shape index (κ3) is 10.7. The minimum absolute atomic E-state index is 0. The second kappa shape index (κ2) is 5.75. The fraction of sp³-hybridized carbons (Fsp3) is 0.500. The fourth-order valence-electron chi connectivity index (χ4n) is 0.0779. The van der Waals surface area contributed by atoms with Gasteiger partial charge in [-0.25, -0.2) is 4.79 Å². The van der Waals surface area contributed by atoms with Crippen LogP contribution in [-0.4, -0.2) is 17.9 Å². The molecule has 0 fully saturated rings. The molecule has 0 aromatic rings. The number of hydrogen-bond donors (Lipinski definition) is 3. The van der Waals surface area contributed by atoms with Gasteiger partial charge in [-0.1, -0.05) is 0 Å². The summed E-state index contributed by atoms with van der Waals surface area (Å²) < 4.78 is 0. The molecule has 0 aromatic carbocycles. The van der Waals surface area contributed by atoms with Crippen LogP contribution in [0.3, 0.4) is 0 Å². The molecule has 0 spiro atoms. The van der Waals surface area contributed by atoms with Gasteiger partial charge in [0.25, 0.3) is 0 Å². The van der Waals surface area contributed by atoms with E-state index in [1.807, 2.05) is 5.32 Å². The van der Waals surface area contributed by atoms with E-state index in [9.17, 15) is 4.79 Å². The Labute approximate surface area is 51.5 Å². The van der Waals surface area contributed by atoms with E-state index in [1.165, 1.54) is 0 Å². The van der Waals surface area contributed by atoms with Gasteiger partial charge in [0, 0.05) is 17.1 Å². The first-order chi connectivity index (χ1) is 2.77. The molecule has 0 heterocycles. The van der Waals surface area contributed by atoms with Crippen molar-refractivity contribution in [3.8, 4) is 0 Å². The average Bonchev–Trinajstić information content (AvgIpc) is 1.35. The normalized spacial score (nSPS) is 6.43. The third-order valence-corrected chi connectivity index (χ3v) is 0.253. The van der Waals surface area contributed by atoms with Gasteiger partial charge in [-0.05, 0) is 0 Å². The predicted octanol–water partition coefficient (Wildman–Crippen LogP) is -1.40. The first kappa shape index (κ1) is 9.89. The first-order valence-electron chi connectivity index (χ1n) is 1.41. The molecule has 0 saturated heterocycles. The maximum Gasteiger partial charge on any atom is 0.313 e. The van der Waals surface area contributed by atoms with Crippen LogP contribution in [0.2, 0.25) is 0 Å². The Bertz CT molecular complexity index is 57.7. The number of aliphatic hydroxyl groups is 1. The number of nitrogens with one attached hydrogen (secondary N) is 1. The quantitative estimate of drug-likeness (QED) is 0.314. The van der Waals surface area contributed by atoms with Gasteiger partial charge in [-0.15, -0.1) is 0 Å². The number of rotatable bonds is 1. The summed E-state index contributed by atoms with van der Waals surface area (Å²) in [5.41, 5.74) is 4.49. The first-order valence-corrected chi connectivity index (χ1v) is 1.41. The van der Waals surface area contributed by atoms with Gasteiger partial charge in [0.1, 0.15) is 6.73 Å². The summed E-state index contributed by atoms with van der Waals surface area (Å²) in [6.07, 6.45) is 0. The second-order valence-electron chi connectivity index (χ2n) is 0.699. The maximum absolute atomic E-state index is 9.55. The summed E-state index contributed by atoms with van der Waals surface area (Å²) in [5.74, 6) is 0. The molecule has 0 atom stereocenters. The van der Waals surface area contributed by atoms with Gasteiger partial charge in [0.05, 0.1) is 0 Å². The second-order valence-corrected chi connectivity index (χ2v) is 0.699. The van der Waals surface area contributed by atoms with Crippen LogP contribution < -0.4 is 11.1 Å². The molecule has 0 aliphatic rings. The van der Waals surface area contributed by atoms with Crippen molar-refractivity contribution in [3.63, 3.8) is 0 Å². The molecule has 0 radical (unpaired) electrons. The summed E-state index contributed by atoms with van der Waals surface area (Å²) in [6.45, 7) is -0.394. The SMILES string of the molecule is NC(=O)NCO.[Fe]. The van der Waals surface area contributed by atoms with Gasteiger partial charge >= 0.3 is 6.03 Å². The van der Waals surface area contributed by atoms with Crippen LogP contribution >= 0.6 is 0 Å². The number of hydrogen-bond acceptors (Lipinski definition) is 2. The Kier molecular flexibility index (Phi) is 8.12. The van der Waals surface area contributed by atoms with E-state index >= 15 is 0 Å². The van der Waals surface area contributed by atoms with Crippen LogP contribution in [0.5, 0.6) is 0 Å². The van der Waals surface area contributed by atoms with E-state index < -0.39 is 12.8 Å². The zero-order valence-electron chi connectivity index (χ0n) is 3.49. The molecule has 0 unspecified atom stereocenters. The molecule has 4 nitrogen and oxygen atoms in total. The van der Waals surface area contributed by atoms with Crippen molar-refractivity contribution in [2.75, 3.05) is 6.73 Å². The topological polar surface area (TPSA) is 75.4 Å². The molecule has 5 heteroatoms. The van der Waals surface area contributed by atoms with Gasteiger partial charge in [-0.2, -0.15) is 0 Å². The maximum atomic E-state index is 9.55. The number of aliphatic hydroxyl groups excluding tert-OH is 1. The van der Waals surface area contributed by atoms with Crippen molar-refractivity contribution in [1.29, 1.82) is 0 Å². The summed E-state index contributed by atoms with van der Waals surface area (Å²) in [4.78, 5) is 9.55. The van der Waals surface area contributed by atoms with Crippen molar-refractivity contribution >= 4 is 6.03 Å². The molecule has 0 aliphatic carbocycles. The van der Waals surface area contributed by atoms with E-state index in [0.29, 0.717) is 0 Å². The zero-order valence-corrected chi connectivity index (χ0v) is 4.60. The van der Waals surface area contributed by atoms with Crippen molar-refractivity contribution < 1.29 is 27.0 Å². The summed E-state index contributed by atoms with van der Waals surface area (Å²) in [7, 11) is 0. The smallest absolute Gasteiger partial charge is 0.313 e.